The number of halogens is 4. The van der Waals surface area contributed by atoms with Gasteiger partial charge in [0, 0.05) is 19.3 Å². The monoisotopic (exact) mass is 478 g/mol. The van der Waals surface area contributed by atoms with E-state index >= 15 is 0 Å². The van der Waals surface area contributed by atoms with Gasteiger partial charge in [0.05, 0.1) is 18.1 Å². The fourth-order valence-electron chi connectivity index (χ4n) is 3.99. The van der Waals surface area contributed by atoms with Gasteiger partial charge in [0.25, 0.3) is 11.5 Å². The topological polar surface area (TPSA) is 69.4 Å². The number of aromatic nitrogens is 3. The van der Waals surface area contributed by atoms with Crippen molar-refractivity contribution in [3.8, 4) is 11.4 Å². The van der Waals surface area contributed by atoms with E-state index in [0.29, 0.717) is 18.2 Å². The van der Waals surface area contributed by atoms with Crippen molar-refractivity contribution < 1.29 is 27.1 Å². The van der Waals surface area contributed by atoms with Gasteiger partial charge in [-0.25, -0.2) is 9.37 Å². The molecule has 7 nitrogen and oxygen atoms in total. The molecule has 0 aliphatic carbocycles. The highest BCUT2D eigenvalue weighted by atomic mass is 19.4. The van der Waals surface area contributed by atoms with Crippen molar-refractivity contribution >= 4 is 5.91 Å². The van der Waals surface area contributed by atoms with Gasteiger partial charge >= 0.3 is 6.18 Å². The molecule has 1 aliphatic heterocycles. The first kappa shape index (κ1) is 23.5. The summed E-state index contributed by atoms with van der Waals surface area (Å²) in [5.74, 6) is -1.94. The average molecular weight is 478 g/mol. The Morgan fingerprint density at radius 3 is 2.56 bits per heavy atom. The van der Waals surface area contributed by atoms with Crippen LogP contribution in [0.15, 0.2) is 47.7 Å². The standard InChI is InChI=1S/C23H22F4N4O3/c1-3-16(12-34-20-7-4-15(24)10-17(20)23(25,26)27)30-8-9-31-19(22(30)33)6-5-18(21(31)32)29-11-14(2)28-13-29/h4-7,10-11,13,16H,3,8-9,12H2,1-2H3. The second-order valence-corrected chi connectivity index (χ2v) is 7.99. The number of hydrogen-bond acceptors (Lipinski definition) is 4. The Kier molecular flexibility index (Phi) is 6.20. The molecule has 0 fully saturated rings. The number of carbonyl (C=O) groups excluding carboxylic acids is 1. The number of hydrogen-bond donors (Lipinski definition) is 0. The number of pyridine rings is 1. The number of nitrogens with zero attached hydrogens (tertiary/aromatic N) is 4. The molecule has 1 amide bonds. The molecule has 0 spiro atoms. The molecule has 0 saturated carbocycles. The summed E-state index contributed by atoms with van der Waals surface area (Å²) < 4.78 is 61.5. The molecule has 0 N–H and O–H groups in total. The van der Waals surface area contributed by atoms with Crippen LogP contribution < -0.4 is 10.3 Å². The largest absolute Gasteiger partial charge is 0.491 e. The van der Waals surface area contributed by atoms with Gasteiger partial charge in [-0.3, -0.25) is 9.59 Å². The van der Waals surface area contributed by atoms with Crippen LogP contribution >= 0.6 is 0 Å². The minimum atomic E-state index is -4.79. The summed E-state index contributed by atoms with van der Waals surface area (Å²) in [7, 11) is 0. The molecule has 180 valence electrons. The Morgan fingerprint density at radius 1 is 1.15 bits per heavy atom. The number of amides is 1. The predicted octanol–water partition coefficient (Wildman–Crippen LogP) is 3.81. The van der Waals surface area contributed by atoms with Gasteiger partial charge in [0.1, 0.15) is 35.1 Å². The van der Waals surface area contributed by atoms with E-state index in [1.165, 1.54) is 15.8 Å². The van der Waals surface area contributed by atoms with Crippen molar-refractivity contribution in [2.75, 3.05) is 13.2 Å². The molecule has 0 bridgehead atoms. The summed E-state index contributed by atoms with van der Waals surface area (Å²) in [5, 5.41) is 0. The van der Waals surface area contributed by atoms with Crippen molar-refractivity contribution in [2.45, 2.75) is 39.0 Å². The molecule has 11 heteroatoms. The number of imidazole rings is 1. The lowest BCUT2D eigenvalue weighted by atomic mass is 10.1. The summed E-state index contributed by atoms with van der Waals surface area (Å²) >= 11 is 0. The highest BCUT2D eigenvalue weighted by Gasteiger charge is 2.36. The van der Waals surface area contributed by atoms with E-state index in [-0.39, 0.29) is 30.9 Å². The zero-order valence-corrected chi connectivity index (χ0v) is 18.5. The third-order valence-electron chi connectivity index (χ3n) is 5.78. The van der Waals surface area contributed by atoms with Crippen LogP contribution in [0, 0.1) is 12.7 Å². The van der Waals surface area contributed by atoms with Crippen LogP contribution in [0.1, 0.15) is 35.1 Å². The highest BCUT2D eigenvalue weighted by Crippen LogP contribution is 2.36. The predicted molar refractivity (Wildman–Crippen MR) is 115 cm³/mol. The second-order valence-electron chi connectivity index (χ2n) is 7.99. The van der Waals surface area contributed by atoms with Crippen LogP contribution in [0.25, 0.3) is 5.69 Å². The molecule has 4 rings (SSSR count). The number of benzene rings is 1. The lowest BCUT2D eigenvalue weighted by Crippen LogP contribution is -2.51. The Morgan fingerprint density at radius 2 is 1.91 bits per heavy atom. The molecule has 34 heavy (non-hydrogen) atoms. The highest BCUT2D eigenvalue weighted by molar-refractivity contribution is 5.93. The van der Waals surface area contributed by atoms with E-state index in [0.717, 1.165) is 17.8 Å². The number of ether oxygens (including phenoxy) is 1. The van der Waals surface area contributed by atoms with E-state index in [2.05, 4.69) is 4.98 Å². The van der Waals surface area contributed by atoms with Crippen LogP contribution in [0.5, 0.6) is 5.75 Å². The summed E-state index contributed by atoms with van der Waals surface area (Å²) in [6, 6.07) is 4.75. The number of aryl methyl sites for hydroxylation is 1. The number of rotatable bonds is 6. The molecule has 1 aromatic carbocycles. The van der Waals surface area contributed by atoms with Crippen LogP contribution in [-0.2, 0) is 12.7 Å². The van der Waals surface area contributed by atoms with E-state index < -0.39 is 35.3 Å². The summed E-state index contributed by atoms with van der Waals surface area (Å²) in [6.07, 6.45) is -1.16. The lowest BCUT2D eigenvalue weighted by Gasteiger charge is -2.35. The molecule has 0 saturated heterocycles. The van der Waals surface area contributed by atoms with Crippen LogP contribution in [0.3, 0.4) is 0 Å². The van der Waals surface area contributed by atoms with Crippen LogP contribution in [-0.4, -0.2) is 44.1 Å². The fourth-order valence-corrected chi connectivity index (χ4v) is 3.99. The number of fused-ring (bicyclic) bond motifs is 1. The molecule has 2 aromatic heterocycles. The maximum atomic E-state index is 13.4. The maximum Gasteiger partial charge on any atom is 0.420 e. The van der Waals surface area contributed by atoms with Gasteiger partial charge in [-0.05, 0) is 43.7 Å². The fraction of sp³-hybridized carbons (Fsp3) is 0.348. The van der Waals surface area contributed by atoms with Crippen molar-refractivity contribution in [3.05, 3.63) is 76.0 Å². The van der Waals surface area contributed by atoms with Crippen LogP contribution in [0.4, 0.5) is 17.6 Å². The van der Waals surface area contributed by atoms with Crippen molar-refractivity contribution in [1.82, 2.24) is 19.0 Å². The summed E-state index contributed by atoms with van der Waals surface area (Å²) in [5.41, 5.74) is -0.269. The first-order valence-electron chi connectivity index (χ1n) is 10.7. The lowest BCUT2D eigenvalue weighted by molar-refractivity contribution is -0.139. The van der Waals surface area contributed by atoms with E-state index in [4.69, 9.17) is 4.74 Å². The smallest absolute Gasteiger partial charge is 0.420 e. The van der Waals surface area contributed by atoms with Gasteiger partial charge in [-0.1, -0.05) is 6.92 Å². The second kappa shape index (κ2) is 8.96. The van der Waals surface area contributed by atoms with E-state index in [1.54, 1.807) is 36.7 Å². The molecular weight excluding hydrogens is 456 g/mol. The Bertz CT molecular complexity index is 1280. The molecule has 1 aliphatic rings. The van der Waals surface area contributed by atoms with E-state index in [1.807, 2.05) is 0 Å². The third kappa shape index (κ3) is 4.42. The Labute approximate surface area is 192 Å². The average Bonchev–Trinajstić information content (AvgIpc) is 3.22. The number of alkyl halides is 3. The van der Waals surface area contributed by atoms with Gasteiger partial charge in [0.15, 0.2) is 0 Å². The third-order valence-corrected chi connectivity index (χ3v) is 5.78. The van der Waals surface area contributed by atoms with Crippen LogP contribution in [0.2, 0.25) is 0 Å². The molecular formula is C23H22F4N4O3. The Hall–Kier alpha value is -3.63. The zero-order chi connectivity index (χ0) is 24.6. The molecule has 1 unspecified atom stereocenters. The number of carbonyl (C=O) groups is 1. The van der Waals surface area contributed by atoms with E-state index in [9.17, 15) is 27.2 Å². The first-order valence-corrected chi connectivity index (χ1v) is 10.7. The summed E-state index contributed by atoms with van der Waals surface area (Å²) in [6.45, 7) is 3.78. The van der Waals surface area contributed by atoms with Gasteiger partial charge in [-0.2, -0.15) is 13.2 Å². The van der Waals surface area contributed by atoms with Gasteiger partial charge < -0.3 is 18.8 Å². The maximum absolute atomic E-state index is 13.4. The SMILES string of the molecule is CCC(COc1ccc(F)cc1C(F)(F)F)N1CCn2c(ccc(-n3cnc(C)c3)c2=O)C1=O. The van der Waals surface area contributed by atoms with Crippen molar-refractivity contribution in [3.63, 3.8) is 0 Å². The Balaban J connectivity index is 1.55. The minimum absolute atomic E-state index is 0.188. The molecule has 3 heterocycles. The van der Waals surface area contributed by atoms with Crippen molar-refractivity contribution in [2.24, 2.45) is 0 Å². The minimum Gasteiger partial charge on any atom is -0.491 e. The van der Waals surface area contributed by atoms with Crippen molar-refractivity contribution in [1.29, 1.82) is 0 Å². The molecule has 0 radical (unpaired) electrons. The molecule has 1 atom stereocenters. The quantitative estimate of drug-likeness (QED) is 0.506. The normalized spacial score (nSPS) is 14.8. The van der Waals surface area contributed by atoms with Gasteiger partial charge in [-0.15, -0.1) is 0 Å². The molecule has 3 aromatic rings. The zero-order valence-electron chi connectivity index (χ0n) is 18.5. The first-order chi connectivity index (χ1) is 16.1. The van der Waals surface area contributed by atoms with Gasteiger partial charge in [0.2, 0.25) is 0 Å². The summed E-state index contributed by atoms with van der Waals surface area (Å²) in [4.78, 5) is 31.7.